The first-order valence-electron chi connectivity index (χ1n) is 10.7. The van der Waals surface area contributed by atoms with Gasteiger partial charge in [-0.1, -0.05) is 43.7 Å². The van der Waals surface area contributed by atoms with E-state index in [4.69, 9.17) is 0 Å². The zero-order valence-electron chi connectivity index (χ0n) is 17.7. The molecule has 1 atom stereocenters. The Kier molecular flexibility index (Phi) is 7.81. The summed E-state index contributed by atoms with van der Waals surface area (Å²) >= 11 is 0. The zero-order chi connectivity index (χ0) is 22.3. The molecule has 1 aliphatic rings. The molecule has 0 spiro atoms. The Balaban J connectivity index is 1.54. The number of amides is 2. The molecule has 7 nitrogen and oxygen atoms in total. The van der Waals surface area contributed by atoms with Crippen LogP contribution >= 0.6 is 0 Å². The lowest BCUT2D eigenvalue weighted by molar-refractivity contribution is -0.136. The number of nitrogens with one attached hydrogen (secondary N) is 2. The summed E-state index contributed by atoms with van der Waals surface area (Å²) in [6.07, 6.45) is 3.84. The van der Waals surface area contributed by atoms with Crippen molar-refractivity contribution in [2.75, 3.05) is 18.4 Å². The van der Waals surface area contributed by atoms with Gasteiger partial charge in [-0.25, -0.2) is 8.42 Å². The highest BCUT2D eigenvalue weighted by atomic mass is 32.2. The van der Waals surface area contributed by atoms with Gasteiger partial charge >= 0.3 is 11.8 Å². The molecular weight excluding hydrogens is 414 g/mol. The van der Waals surface area contributed by atoms with Crippen molar-refractivity contribution in [2.45, 2.75) is 50.0 Å². The topological polar surface area (TPSA) is 95.6 Å². The minimum atomic E-state index is -3.58. The average Bonchev–Trinajstić information content (AvgIpc) is 2.80. The van der Waals surface area contributed by atoms with Gasteiger partial charge in [0, 0.05) is 24.8 Å². The largest absolute Gasteiger partial charge is 0.348 e. The van der Waals surface area contributed by atoms with Crippen molar-refractivity contribution < 1.29 is 18.0 Å². The highest BCUT2D eigenvalue weighted by molar-refractivity contribution is 7.89. The zero-order valence-corrected chi connectivity index (χ0v) is 18.5. The lowest BCUT2D eigenvalue weighted by atomic mass is 10.0. The van der Waals surface area contributed by atoms with Crippen LogP contribution in [0.15, 0.2) is 59.5 Å². The molecule has 3 rings (SSSR count). The second-order valence-corrected chi connectivity index (χ2v) is 9.52. The molecule has 1 saturated heterocycles. The van der Waals surface area contributed by atoms with Gasteiger partial charge in [0.05, 0.1) is 4.90 Å². The molecule has 8 heteroatoms. The van der Waals surface area contributed by atoms with Gasteiger partial charge < -0.3 is 10.6 Å². The molecule has 2 N–H and O–H groups in total. The number of sulfonamides is 1. The van der Waals surface area contributed by atoms with Crippen molar-refractivity contribution in [3.63, 3.8) is 0 Å². The second-order valence-electron chi connectivity index (χ2n) is 7.63. The van der Waals surface area contributed by atoms with Crippen molar-refractivity contribution in [3.8, 4) is 0 Å². The number of piperidine rings is 1. The molecule has 166 valence electrons. The first kappa shape index (κ1) is 23.0. The number of nitrogens with zero attached hydrogens (tertiary/aromatic N) is 1. The maximum Gasteiger partial charge on any atom is 0.313 e. The molecule has 0 aliphatic carbocycles. The fourth-order valence-electron chi connectivity index (χ4n) is 3.75. The number of carbonyl (C=O) groups excluding carboxylic acids is 2. The van der Waals surface area contributed by atoms with Crippen LogP contribution in [-0.2, 0) is 26.0 Å². The number of hydrogen-bond donors (Lipinski definition) is 2. The van der Waals surface area contributed by atoms with Crippen LogP contribution in [0, 0.1) is 0 Å². The molecule has 0 aromatic heterocycles. The van der Waals surface area contributed by atoms with E-state index in [1.807, 2.05) is 19.1 Å². The second kappa shape index (κ2) is 10.5. The summed E-state index contributed by atoms with van der Waals surface area (Å²) in [6, 6.07) is 15.5. The fourth-order valence-corrected chi connectivity index (χ4v) is 5.50. The molecule has 1 aliphatic heterocycles. The van der Waals surface area contributed by atoms with E-state index in [2.05, 4.69) is 10.6 Å². The summed E-state index contributed by atoms with van der Waals surface area (Å²) in [4.78, 5) is 24.6. The normalized spacial score (nSPS) is 17.1. The first-order chi connectivity index (χ1) is 14.9. The molecule has 0 unspecified atom stereocenters. The maximum atomic E-state index is 13.0. The van der Waals surface area contributed by atoms with Gasteiger partial charge in [-0.15, -0.1) is 0 Å². The molecular formula is C23H29N3O4S. The summed E-state index contributed by atoms with van der Waals surface area (Å²) in [5.41, 5.74) is 1.70. The first-order valence-corrected chi connectivity index (χ1v) is 12.1. The predicted molar refractivity (Wildman–Crippen MR) is 120 cm³/mol. The minimum Gasteiger partial charge on any atom is -0.348 e. The van der Waals surface area contributed by atoms with Crippen LogP contribution in [0.25, 0.3) is 0 Å². The third-order valence-electron chi connectivity index (χ3n) is 5.51. The summed E-state index contributed by atoms with van der Waals surface area (Å²) in [7, 11) is -3.58. The summed E-state index contributed by atoms with van der Waals surface area (Å²) in [5, 5.41) is 5.19. The van der Waals surface area contributed by atoms with Gasteiger partial charge in [0.25, 0.3) is 0 Å². The Morgan fingerprint density at radius 2 is 1.71 bits per heavy atom. The van der Waals surface area contributed by atoms with Crippen LogP contribution in [0.4, 0.5) is 5.69 Å². The minimum absolute atomic E-state index is 0.205. The van der Waals surface area contributed by atoms with Gasteiger partial charge in [-0.05, 0) is 55.5 Å². The quantitative estimate of drug-likeness (QED) is 0.643. The molecule has 1 fully saturated rings. The Bertz CT molecular complexity index is 991. The molecule has 2 aromatic carbocycles. The number of benzene rings is 2. The standard InChI is InChI=1S/C23H29N3O4S/c1-2-18-11-13-19(14-12-18)25-23(28)22(27)24-16-15-20-8-6-7-17-26(20)31(29,30)21-9-4-3-5-10-21/h3-5,9-14,20H,2,6-8,15-17H2,1H3,(H,24,27)(H,25,28)/t20-/m1/s1. The SMILES string of the molecule is CCc1ccc(NC(=O)C(=O)NCC[C@H]2CCCCN2S(=O)(=O)c2ccccc2)cc1. The molecule has 0 bridgehead atoms. The van der Waals surface area contributed by atoms with E-state index >= 15 is 0 Å². The van der Waals surface area contributed by atoms with Crippen LogP contribution < -0.4 is 10.6 Å². The summed E-state index contributed by atoms with van der Waals surface area (Å²) in [5.74, 6) is -1.46. The maximum absolute atomic E-state index is 13.0. The van der Waals surface area contributed by atoms with Gasteiger partial charge in [0.2, 0.25) is 10.0 Å². The van der Waals surface area contributed by atoms with E-state index in [0.29, 0.717) is 18.7 Å². The van der Waals surface area contributed by atoms with Crippen LogP contribution in [0.3, 0.4) is 0 Å². The molecule has 2 amide bonds. The Hall–Kier alpha value is -2.71. The third kappa shape index (κ3) is 5.92. The Labute approximate surface area is 183 Å². The van der Waals surface area contributed by atoms with E-state index in [1.54, 1.807) is 42.5 Å². The van der Waals surface area contributed by atoms with Gasteiger partial charge in [-0.3, -0.25) is 9.59 Å². The molecule has 0 radical (unpaired) electrons. The van der Waals surface area contributed by atoms with Crippen LogP contribution in [-0.4, -0.2) is 43.7 Å². The van der Waals surface area contributed by atoms with E-state index in [1.165, 1.54) is 4.31 Å². The predicted octanol–water partition coefficient (Wildman–Crippen LogP) is 2.94. The van der Waals surface area contributed by atoms with Gasteiger partial charge in [-0.2, -0.15) is 4.31 Å². The lowest BCUT2D eigenvalue weighted by Gasteiger charge is -2.34. The third-order valence-corrected chi connectivity index (χ3v) is 7.48. The van der Waals surface area contributed by atoms with E-state index in [-0.39, 0.29) is 17.5 Å². The number of rotatable bonds is 7. The van der Waals surface area contributed by atoms with Gasteiger partial charge in [0.15, 0.2) is 0 Å². The van der Waals surface area contributed by atoms with E-state index in [0.717, 1.165) is 31.2 Å². The average molecular weight is 444 g/mol. The van der Waals surface area contributed by atoms with Crippen LogP contribution in [0.5, 0.6) is 0 Å². The molecule has 2 aromatic rings. The number of aryl methyl sites for hydroxylation is 1. The van der Waals surface area contributed by atoms with Crippen molar-refractivity contribution in [2.24, 2.45) is 0 Å². The number of carbonyl (C=O) groups is 2. The summed E-state index contributed by atoms with van der Waals surface area (Å²) in [6.45, 7) is 2.73. The van der Waals surface area contributed by atoms with Crippen molar-refractivity contribution >= 4 is 27.5 Å². The van der Waals surface area contributed by atoms with Crippen molar-refractivity contribution in [1.29, 1.82) is 0 Å². The Morgan fingerprint density at radius 1 is 1.00 bits per heavy atom. The van der Waals surface area contributed by atoms with Crippen LogP contribution in [0.1, 0.15) is 38.2 Å². The highest BCUT2D eigenvalue weighted by Crippen LogP contribution is 2.26. The fraction of sp³-hybridized carbons (Fsp3) is 0.391. The van der Waals surface area contributed by atoms with Gasteiger partial charge in [0.1, 0.15) is 0 Å². The Morgan fingerprint density at radius 3 is 2.39 bits per heavy atom. The summed E-state index contributed by atoms with van der Waals surface area (Å²) < 4.78 is 27.6. The number of hydrogen-bond acceptors (Lipinski definition) is 4. The number of anilines is 1. The van der Waals surface area contributed by atoms with Crippen molar-refractivity contribution in [3.05, 3.63) is 60.2 Å². The molecule has 1 heterocycles. The molecule has 31 heavy (non-hydrogen) atoms. The molecule has 0 saturated carbocycles. The monoisotopic (exact) mass is 443 g/mol. The van der Waals surface area contributed by atoms with Crippen molar-refractivity contribution in [1.82, 2.24) is 9.62 Å². The smallest absolute Gasteiger partial charge is 0.313 e. The highest BCUT2D eigenvalue weighted by Gasteiger charge is 2.33. The van der Waals surface area contributed by atoms with E-state index < -0.39 is 21.8 Å². The lowest BCUT2D eigenvalue weighted by Crippen LogP contribution is -2.45. The van der Waals surface area contributed by atoms with Crippen LogP contribution in [0.2, 0.25) is 0 Å². The van der Waals surface area contributed by atoms with E-state index in [9.17, 15) is 18.0 Å².